The number of aromatic nitrogens is 3. The Labute approximate surface area is 163 Å². The fraction of sp³-hybridized carbons (Fsp3) is 0.474. The molecule has 0 aliphatic carbocycles. The van der Waals surface area contributed by atoms with Crippen molar-refractivity contribution in [3.8, 4) is 0 Å². The number of hydrogen-bond acceptors (Lipinski definition) is 6. The van der Waals surface area contributed by atoms with Gasteiger partial charge in [-0.05, 0) is 25.8 Å². The van der Waals surface area contributed by atoms with Crippen LogP contribution in [0.4, 0.5) is 13.2 Å². The van der Waals surface area contributed by atoms with E-state index in [2.05, 4.69) is 15.3 Å². The molecule has 1 atom stereocenters. The van der Waals surface area contributed by atoms with Crippen LogP contribution in [0.3, 0.4) is 0 Å². The Morgan fingerprint density at radius 2 is 2.07 bits per heavy atom. The highest BCUT2D eigenvalue weighted by Gasteiger charge is 2.37. The van der Waals surface area contributed by atoms with E-state index in [0.29, 0.717) is 31.6 Å². The Hall–Kier alpha value is -2.91. The van der Waals surface area contributed by atoms with Gasteiger partial charge in [0.1, 0.15) is 5.76 Å². The summed E-state index contributed by atoms with van der Waals surface area (Å²) >= 11 is 0. The van der Waals surface area contributed by atoms with Gasteiger partial charge in [-0.1, -0.05) is 17.2 Å². The lowest BCUT2D eigenvalue weighted by Crippen LogP contribution is -2.39. The molecule has 0 bridgehead atoms. The number of pyridine rings is 1. The molecule has 1 aliphatic rings. The Kier molecular flexibility index (Phi) is 4.79. The number of carbonyl (C=O) groups excluding carboxylic acids is 1. The smallest absolute Gasteiger partial charge is 0.361 e. The van der Waals surface area contributed by atoms with E-state index in [9.17, 15) is 18.0 Å². The number of aryl methyl sites for hydroxylation is 2. The Morgan fingerprint density at radius 3 is 2.76 bits per heavy atom. The minimum atomic E-state index is -4.56. The van der Waals surface area contributed by atoms with Crippen LogP contribution in [0.5, 0.6) is 0 Å². The van der Waals surface area contributed by atoms with Crippen molar-refractivity contribution in [2.45, 2.75) is 45.2 Å². The molecule has 7 nitrogen and oxygen atoms in total. The van der Waals surface area contributed by atoms with Gasteiger partial charge in [0, 0.05) is 31.5 Å². The van der Waals surface area contributed by atoms with Crippen molar-refractivity contribution in [2.24, 2.45) is 0 Å². The first-order chi connectivity index (χ1) is 13.8. The van der Waals surface area contributed by atoms with Crippen LogP contribution in [0.15, 0.2) is 21.2 Å². The molecule has 0 radical (unpaired) electrons. The van der Waals surface area contributed by atoms with Crippen LogP contribution in [0.25, 0.3) is 11.1 Å². The maximum Gasteiger partial charge on any atom is 0.417 e. The second-order valence-corrected chi connectivity index (χ2v) is 7.16. The highest BCUT2D eigenvalue weighted by molar-refractivity contribution is 5.92. The van der Waals surface area contributed by atoms with Crippen molar-refractivity contribution in [3.63, 3.8) is 0 Å². The van der Waals surface area contributed by atoms with Crippen LogP contribution in [0, 0.1) is 6.92 Å². The first-order valence-electron chi connectivity index (χ1n) is 9.37. The monoisotopic (exact) mass is 408 g/mol. The molecule has 0 N–H and O–H groups in total. The van der Waals surface area contributed by atoms with Crippen LogP contribution in [0.1, 0.15) is 58.9 Å². The number of alkyl halides is 3. The van der Waals surface area contributed by atoms with Crippen LogP contribution in [-0.4, -0.2) is 39.2 Å². The number of likely N-dealkylation sites (tertiary alicyclic amines) is 1. The Bertz CT molecular complexity index is 1060. The highest BCUT2D eigenvalue weighted by atomic mass is 19.4. The fourth-order valence-electron chi connectivity index (χ4n) is 3.69. The molecule has 0 aromatic carbocycles. The number of hydrogen-bond donors (Lipinski definition) is 0. The lowest BCUT2D eigenvalue weighted by atomic mass is 9.92. The number of rotatable bonds is 3. The molecule has 3 aromatic rings. The normalized spacial score (nSPS) is 17.8. The molecule has 1 amide bonds. The van der Waals surface area contributed by atoms with Crippen molar-refractivity contribution in [1.82, 2.24) is 20.2 Å². The molecule has 154 valence electrons. The topological polar surface area (TPSA) is 85.3 Å². The predicted molar refractivity (Wildman–Crippen MR) is 95.3 cm³/mol. The minimum Gasteiger partial charge on any atom is -0.361 e. The molecule has 1 aliphatic heterocycles. The van der Waals surface area contributed by atoms with Gasteiger partial charge in [-0.2, -0.15) is 13.2 Å². The standard InChI is InChI=1S/C19H19F3N4O3/c1-3-12-7-15(25-28-12)18(27)26-6-4-5-11(9-26)14-8-13(19(20,21)22)16-10(2)24-29-17(16)23-14/h7-8,11H,3-6,9H2,1-2H3. The average molecular weight is 408 g/mol. The van der Waals surface area contributed by atoms with E-state index in [4.69, 9.17) is 9.05 Å². The van der Waals surface area contributed by atoms with Crippen molar-refractivity contribution in [1.29, 1.82) is 0 Å². The van der Waals surface area contributed by atoms with Crippen LogP contribution in [0.2, 0.25) is 0 Å². The molecular weight excluding hydrogens is 389 g/mol. The van der Waals surface area contributed by atoms with Crippen molar-refractivity contribution >= 4 is 17.0 Å². The summed E-state index contributed by atoms with van der Waals surface area (Å²) in [4.78, 5) is 18.6. The minimum absolute atomic E-state index is 0.125. The Balaban J connectivity index is 1.64. The van der Waals surface area contributed by atoms with Crippen molar-refractivity contribution < 1.29 is 27.0 Å². The summed E-state index contributed by atoms with van der Waals surface area (Å²) in [7, 11) is 0. The summed E-state index contributed by atoms with van der Waals surface area (Å²) in [5, 5.41) is 7.30. The second kappa shape index (κ2) is 7.16. The third-order valence-corrected chi connectivity index (χ3v) is 5.20. The number of piperidine rings is 1. The predicted octanol–water partition coefficient (Wildman–Crippen LogP) is 4.12. The molecule has 10 heteroatoms. The highest BCUT2D eigenvalue weighted by Crippen LogP contribution is 2.38. The van der Waals surface area contributed by atoms with E-state index in [1.165, 1.54) is 6.92 Å². The fourth-order valence-corrected chi connectivity index (χ4v) is 3.69. The third kappa shape index (κ3) is 3.58. The van der Waals surface area contributed by atoms with Gasteiger partial charge >= 0.3 is 6.18 Å². The van der Waals surface area contributed by atoms with E-state index in [0.717, 1.165) is 6.07 Å². The van der Waals surface area contributed by atoms with Crippen LogP contribution >= 0.6 is 0 Å². The summed E-state index contributed by atoms with van der Waals surface area (Å²) < 4.78 is 50.9. The van der Waals surface area contributed by atoms with Gasteiger partial charge in [0.15, 0.2) is 5.69 Å². The summed E-state index contributed by atoms with van der Waals surface area (Å²) in [5.41, 5.74) is -0.367. The zero-order valence-electron chi connectivity index (χ0n) is 15.9. The van der Waals surface area contributed by atoms with E-state index in [1.807, 2.05) is 6.92 Å². The number of halogens is 3. The first kappa shape index (κ1) is 19.4. The average Bonchev–Trinajstić information content (AvgIpc) is 3.33. The van der Waals surface area contributed by atoms with Crippen molar-refractivity contribution in [3.05, 3.63) is 40.5 Å². The van der Waals surface area contributed by atoms with Gasteiger partial charge in [-0.25, -0.2) is 4.98 Å². The molecular formula is C19H19F3N4O3. The molecule has 3 aromatic heterocycles. The first-order valence-corrected chi connectivity index (χ1v) is 9.37. The van der Waals surface area contributed by atoms with Crippen molar-refractivity contribution in [2.75, 3.05) is 13.1 Å². The van der Waals surface area contributed by atoms with Gasteiger partial charge in [0.05, 0.1) is 22.3 Å². The summed E-state index contributed by atoms with van der Waals surface area (Å²) in [6, 6.07) is 2.64. The Morgan fingerprint density at radius 1 is 1.28 bits per heavy atom. The maximum atomic E-state index is 13.6. The third-order valence-electron chi connectivity index (χ3n) is 5.20. The summed E-state index contributed by atoms with van der Waals surface area (Å²) in [6.45, 7) is 4.08. The van der Waals surface area contributed by atoms with E-state index < -0.39 is 11.7 Å². The van der Waals surface area contributed by atoms with Crippen LogP contribution < -0.4 is 0 Å². The van der Waals surface area contributed by atoms with Gasteiger partial charge in [0.25, 0.3) is 11.6 Å². The molecule has 4 heterocycles. The summed E-state index contributed by atoms with van der Waals surface area (Å²) in [6.07, 6.45) is -2.69. The second-order valence-electron chi connectivity index (χ2n) is 7.16. The molecule has 1 saturated heterocycles. The van der Waals surface area contributed by atoms with Gasteiger partial charge < -0.3 is 13.9 Å². The van der Waals surface area contributed by atoms with E-state index in [1.54, 1.807) is 11.0 Å². The quantitative estimate of drug-likeness (QED) is 0.648. The molecule has 0 saturated carbocycles. The molecule has 1 fully saturated rings. The lowest BCUT2D eigenvalue weighted by Gasteiger charge is -2.32. The van der Waals surface area contributed by atoms with Gasteiger partial charge in [0.2, 0.25) is 0 Å². The largest absolute Gasteiger partial charge is 0.417 e. The maximum absolute atomic E-state index is 13.6. The number of amides is 1. The lowest BCUT2D eigenvalue weighted by molar-refractivity contribution is -0.136. The molecule has 1 unspecified atom stereocenters. The van der Waals surface area contributed by atoms with Crippen LogP contribution in [-0.2, 0) is 12.6 Å². The zero-order valence-corrected chi connectivity index (χ0v) is 15.9. The SMILES string of the molecule is CCc1cc(C(=O)N2CCCC(c3cc(C(F)(F)F)c4c(C)noc4n3)C2)no1. The number of carbonyl (C=O) groups is 1. The van der Waals surface area contributed by atoms with E-state index >= 15 is 0 Å². The van der Waals surface area contributed by atoms with Gasteiger partial charge in [-0.15, -0.1) is 0 Å². The van der Waals surface area contributed by atoms with E-state index in [-0.39, 0.29) is 46.6 Å². The summed E-state index contributed by atoms with van der Waals surface area (Å²) in [5.74, 6) is -0.0449. The number of nitrogens with zero attached hydrogens (tertiary/aromatic N) is 4. The zero-order chi connectivity index (χ0) is 20.8. The van der Waals surface area contributed by atoms with Gasteiger partial charge in [-0.3, -0.25) is 4.79 Å². The number of fused-ring (bicyclic) bond motifs is 1. The molecule has 29 heavy (non-hydrogen) atoms. The molecule has 0 spiro atoms. The molecule has 4 rings (SSSR count).